The highest BCUT2D eigenvalue weighted by Crippen LogP contribution is 2.47. The van der Waals surface area contributed by atoms with Crippen LogP contribution in [0.4, 0.5) is 0 Å². The average Bonchev–Trinajstić information content (AvgIpc) is 1.10. The van der Waals surface area contributed by atoms with E-state index >= 15 is 0 Å². The van der Waals surface area contributed by atoms with Crippen molar-refractivity contribution in [3.8, 4) is 55.6 Å². The quantitative estimate of drug-likeness (QED) is 0.123. The van der Waals surface area contributed by atoms with Crippen LogP contribution in [0.25, 0.3) is 143 Å². The number of hydrogen-bond donors (Lipinski definition) is 0. The van der Waals surface area contributed by atoms with Gasteiger partial charge in [-0.25, -0.2) is 0 Å². The zero-order valence-electron chi connectivity index (χ0n) is 58.5. The molecule has 422 valence electrons. The van der Waals surface area contributed by atoms with Gasteiger partial charge in [0.05, 0.1) is 24.9 Å². The van der Waals surface area contributed by atoms with Gasteiger partial charge in [-0.05, 0) is 168 Å². The minimum Gasteiger partial charge on any atom is -0.456 e. The summed E-state index contributed by atoms with van der Waals surface area (Å²) >= 11 is 3.50. The van der Waals surface area contributed by atoms with Gasteiger partial charge in [-0.1, -0.05) is 270 Å². The van der Waals surface area contributed by atoms with Gasteiger partial charge in [0, 0.05) is 26.0 Å². The molecule has 0 aliphatic carbocycles. The first kappa shape index (κ1) is 44.6. The van der Waals surface area contributed by atoms with Gasteiger partial charge < -0.3 is 18.1 Å². The number of hydrogen-bond acceptors (Lipinski definition) is 4. The van der Waals surface area contributed by atoms with Crippen LogP contribution in [0, 0.1) is 0 Å². The molecule has 1 aliphatic heterocycles. The molecule has 16 aromatic rings. The molecule has 0 bridgehead atoms. The summed E-state index contributed by atoms with van der Waals surface area (Å²) < 4.78 is 109. The van der Waals surface area contributed by atoms with Crippen molar-refractivity contribution in [1.29, 1.82) is 0 Å². The van der Waals surface area contributed by atoms with Crippen molar-refractivity contribution in [2.24, 2.45) is 0 Å². The molecule has 0 saturated carbocycles. The molecule has 0 atom stereocenters. The highest BCUT2D eigenvalue weighted by atomic mass is 79.9. The van der Waals surface area contributed by atoms with Gasteiger partial charge in [0.25, 0.3) is 0 Å². The zero-order valence-corrected chi connectivity index (χ0v) is 50.1. The first-order valence-electron chi connectivity index (χ1n) is 34.3. The molecule has 3 heterocycles. The normalized spacial score (nSPS) is 15.2. The fourth-order valence-corrected chi connectivity index (χ4v) is 12.8. The van der Waals surface area contributed by atoms with Crippen molar-refractivity contribution in [3.63, 3.8) is 0 Å². The predicted octanol–water partition coefficient (Wildman–Crippen LogP) is 22.9. The summed E-state index contributed by atoms with van der Waals surface area (Å²) in [5.41, 5.74) is 11.9. The zero-order chi connectivity index (χ0) is 68.2. The molecule has 17 rings (SSSR count). The Hall–Kier alpha value is -9.82. The third-order valence-electron chi connectivity index (χ3n) is 17.3. The van der Waals surface area contributed by atoms with Crippen LogP contribution in [0.15, 0.2) is 304 Å². The number of halogens is 1. The van der Waals surface area contributed by atoms with E-state index in [1.165, 1.54) is 0 Å². The standard InChI is InChI=1S/C38H24O.C26H17Br.C18H19BO3/c1-2-11-26(12-3-1)36-29-13-4-6-15-31(29)37(32-16-7-5-14-30(32)36)27-23-21-25(22-24-27)28-18-10-20-35-38(28)33-17-8-9-19-34(33)39-35;27-20-16-14-19(15-17-20)26-23-12-6-4-10-21(23)25(18-8-2-1-3-9-18)22-11-5-7-13-24(22)26;1-17(2)18(3,4)22-19(21-17)13-9-7-11-15-16(13)12-8-5-6-10-14(12)20-15/h1-24H;1-17H;5-11H,1-4H3/i1D,2D,3D,11D,12D;1D,2D,3D,8D,9D;. The molecule has 4 nitrogen and oxygen atoms in total. The minimum absolute atomic E-state index is 0.192. The van der Waals surface area contributed by atoms with Crippen LogP contribution in [0.5, 0.6) is 0 Å². The van der Waals surface area contributed by atoms with Crippen LogP contribution in [0.3, 0.4) is 0 Å². The average molecular weight is 1210 g/mol. The van der Waals surface area contributed by atoms with Crippen molar-refractivity contribution in [2.45, 2.75) is 38.9 Å². The topological polar surface area (TPSA) is 44.7 Å². The van der Waals surface area contributed by atoms with Crippen molar-refractivity contribution < 1.29 is 31.9 Å². The molecule has 88 heavy (non-hydrogen) atoms. The van der Waals surface area contributed by atoms with Gasteiger partial charge in [-0.2, -0.15) is 0 Å². The smallest absolute Gasteiger partial charge is 0.456 e. The predicted molar refractivity (Wildman–Crippen MR) is 375 cm³/mol. The van der Waals surface area contributed by atoms with E-state index in [9.17, 15) is 0 Å². The lowest BCUT2D eigenvalue weighted by atomic mass is 9.76. The second-order valence-corrected chi connectivity index (χ2v) is 23.9. The molecule has 0 radical (unpaired) electrons. The molecule has 6 heteroatoms. The molecule has 0 unspecified atom stereocenters. The first-order valence-corrected chi connectivity index (χ1v) is 30.1. The molecule has 2 aromatic heterocycles. The highest BCUT2D eigenvalue weighted by Gasteiger charge is 2.52. The fraction of sp³-hybridized carbons (Fsp3) is 0.0732. The third-order valence-corrected chi connectivity index (χ3v) is 17.9. The molecule has 1 saturated heterocycles. The van der Waals surface area contributed by atoms with Crippen LogP contribution < -0.4 is 5.46 Å². The second kappa shape index (κ2) is 22.5. The molecule has 0 spiro atoms. The second-order valence-electron chi connectivity index (χ2n) is 23.0. The van der Waals surface area contributed by atoms with E-state index < -0.39 is 6.04 Å². The van der Waals surface area contributed by atoms with E-state index in [4.69, 9.17) is 31.9 Å². The summed E-state index contributed by atoms with van der Waals surface area (Å²) in [6, 6.07) is 73.7. The van der Waals surface area contributed by atoms with Crippen molar-refractivity contribution in [3.05, 3.63) is 295 Å². The third kappa shape index (κ3) is 9.66. The maximum atomic E-state index is 8.76. The number of furan rings is 2. The van der Waals surface area contributed by atoms with Crippen LogP contribution in [-0.2, 0) is 9.31 Å². The van der Waals surface area contributed by atoms with E-state index in [0.717, 1.165) is 130 Å². The van der Waals surface area contributed by atoms with Crippen LogP contribution in [-0.4, -0.2) is 18.3 Å². The molecular formula is C82H60BBrO4. The Balaban J connectivity index is 0.000000127. The van der Waals surface area contributed by atoms with Crippen molar-refractivity contribution in [2.75, 3.05) is 0 Å². The number of rotatable bonds is 6. The van der Waals surface area contributed by atoms with E-state index in [-0.39, 0.29) is 83.8 Å². The highest BCUT2D eigenvalue weighted by molar-refractivity contribution is 9.10. The lowest BCUT2D eigenvalue weighted by Crippen LogP contribution is -2.41. The maximum Gasteiger partial charge on any atom is 0.495 e. The van der Waals surface area contributed by atoms with E-state index in [1.54, 1.807) is 0 Å². The van der Waals surface area contributed by atoms with Crippen LogP contribution in [0.1, 0.15) is 41.4 Å². The van der Waals surface area contributed by atoms with Gasteiger partial charge in [0.2, 0.25) is 0 Å². The van der Waals surface area contributed by atoms with Crippen molar-refractivity contribution in [1.82, 2.24) is 0 Å². The van der Waals surface area contributed by atoms with E-state index in [2.05, 4.69) is 104 Å². The molecule has 14 aromatic carbocycles. The first-order chi connectivity index (χ1) is 47.2. The number of benzene rings is 14. The summed E-state index contributed by atoms with van der Waals surface area (Å²) in [6.45, 7) is 8.28. The van der Waals surface area contributed by atoms with Crippen molar-refractivity contribution >= 4 is 115 Å². The Labute approximate surface area is 534 Å². The summed E-state index contributed by atoms with van der Waals surface area (Å²) in [6.07, 6.45) is 0. The van der Waals surface area contributed by atoms with Gasteiger partial charge >= 0.3 is 7.12 Å². The van der Waals surface area contributed by atoms with Gasteiger partial charge in [-0.3, -0.25) is 0 Å². The van der Waals surface area contributed by atoms with Crippen LogP contribution >= 0.6 is 15.9 Å². The van der Waals surface area contributed by atoms with E-state index in [0.29, 0.717) is 11.1 Å². The van der Waals surface area contributed by atoms with Gasteiger partial charge in [0.15, 0.2) is 0 Å². The Kier molecular flexibility index (Phi) is 11.4. The monoisotopic (exact) mass is 1210 g/mol. The van der Waals surface area contributed by atoms with E-state index in [1.807, 2.05) is 170 Å². The Morgan fingerprint density at radius 3 is 1.05 bits per heavy atom. The molecule has 1 aliphatic rings. The largest absolute Gasteiger partial charge is 0.495 e. The fourth-order valence-electron chi connectivity index (χ4n) is 12.6. The molecule has 0 amide bonds. The summed E-state index contributed by atoms with van der Waals surface area (Å²) in [5.74, 6) is 0. The summed E-state index contributed by atoms with van der Waals surface area (Å²) in [4.78, 5) is 0. The Bertz CT molecular complexity index is 5740. The number of para-hydroxylation sites is 2. The molecule has 1 fully saturated rings. The summed E-state index contributed by atoms with van der Waals surface area (Å²) in [5, 5.41) is 11.6. The van der Waals surface area contributed by atoms with Gasteiger partial charge in [0.1, 0.15) is 22.3 Å². The number of fused-ring (bicyclic) bond motifs is 10. The minimum atomic E-state index is -0.395. The molecule has 0 N–H and O–H groups in total. The lowest BCUT2D eigenvalue weighted by Gasteiger charge is -2.32. The Morgan fingerprint density at radius 2 is 0.625 bits per heavy atom. The SMILES string of the molecule is CC1(C)OB(c2cccc3oc4ccccc4c23)OC1(C)C.[2H]c1c([2H])c([2H])c(-c2c3ccccc3c(-c3ccc(-c4cccc5oc6ccccc6c45)cc3)c3ccccc23)c([2H])c1[2H].[2H]c1c([2H])c([2H])c(-c2c3ccccc3c(-c3ccc(Br)cc3)c3ccccc23)c([2H])c1[2H]. The van der Waals surface area contributed by atoms with Gasteiger partial charge in [-0.15, -0.1) is 0 Å². The lowest BCUT2D eigenvalue weighted by molar-refractivity contribution is 0.00578. The Morgan fingerprint density at radius 1 is 0.307 bits per heavy atom. The summed E-state index contributed by atoms with van der Waals surface area (Å²) in [7, 11) is -0.380. The molecular weight excluding hydrogens is 1140 g/mol. The maximum absolute atomic E-state index is 8.76. The van der Waals surface area contributed by atoms with Crippen LogP contribution in [0.2, 0.25) is 0 Å².